The van der Waals surface area contributed by atoms with E-state index in [1.165, 1.54) is 31.3 Å². The van der Waals surface area contributed by atoms with E-state index in [1.807, 2.05) is 0 Å². The molecule has 10 heteroatoms. The van der Waals surface area contributed by atoms with Gasteiger partial charge < -0.3 is 10.1 Å². The molecule has 2 rings (SSSR count). The number of carbonyl (C=O) groups excluding carboxylic acids is 2. The molecule has 0 unspecified atom stereocenters. The number of anilines is 1. The highest BCUT2D eigenvalue weighted by Gasteiger charge is 2.16. The van der Waals surface area contributed by atoms with Gasteiger partial charge in [0.2, 0.25) is 10.0 Å². The predicted octanol–water partition coefficient (Wildman–Crippen LogP) is 2.18. The van der Waals surface area contributed by atoms with Crippen molar-refractivity contribution in [1.82, 2.24) is 4.72 Å². The molecule has 0 saturated heterocycles. The number of ether oxygens (including phenoxy) is 1. The summed E-state index contributed by atoms with van der Waals surface area (Å²) in [5, 5.41) is 2.36. The van der Waals surface area contributed by atoms with Crippen molar-refractivity contribution in [2.45, 2.75) is 4.90 Å². The summed E-state index contributed by atoms with van der Waals surface area (Å²) in [5.41, 5.74) is 0.130. The molecule has 0 bridgehead atoms. The Bertz CT molecular complexity index is 949. The average Bonchev–Trinajstić information content (AvgIpc) is 2.62. The zero-order chi connectivity index (χ0) is 19.3. The largest absolute Gasteiger partial charge is 0.452 e. The van der Waals surface area contributed by atoms with E-state index in [0.717, 1.165) is 18.2 Å². The Morgan fingerprint density at radius 1 is 1.19 bits per heavy atom. The number of sulfonamides is 1. The van der Waals surface area contributed by atoms with Gasteiger partial charge >= 0.3 is 5.97 Å². The Labute approximate surface area is 154 Å². The molecular weight excluding hydrogens is 387 g/mol. The van der Waals surface area contributed by atoms with Crippen molar-refractivity contribution < 1.29 is 27.1 Å². The van der Waals surface area contributed by atoms with Crippen molar-refractivity contribution in [3.8, 4) is 0 Å². The van der Waals surface area contributed by atoms with Crippen LogP contribution in [0, 0.1) is 5.82 Å². The zero-order valence-electron chi connectivity index (χ0n) is 13.5. The monoisotopic (exact) mass is 400 g/mol. The van der Waals surface area contributed by atoms with Gasteiger partial charge in [-0.25, -0.2) is 22.3 Å². The van der Waals surface area contributed by atoms with Crippen LogP contribution in [0.2, 0.25) is 5.02 Å². The molecular formula is C16H14ClFN2O5S. The van der Waals surface area contributed by atoms with Crippen molar-refractivity contribution in [2.24, 2.45) is 0 Å². The molecule has 26 heavy (non-hydrogen) atoms. The van der Waals surface area contributed by atoms with Crippen molar-refractivity contribution in [2.75, 3.05) is 19.0 Å². The van der Waals surface area contributed by atoms with Crippen LogP contribution in [0.3, 0.4) is 0 Å². The Kier molecular flexibility index (Phi) is 6.30. The topological polar surface area (TPSA) is 102 Å². The molecule has 2 N–H and O–H groups in total. The lowest BCUT2D eigenvalue weighted by molar-refractivity contribution is -0.119. The second-order valence-electron chi connectivity index (χ2n) is 4.98. The van der Waals surface area contributed by atoms with Crippen LogP contribution in [0.25, 0.3) is 0 Å². The third-order valence-corrected chi connectivity index (χ3v) is 4.91. The normalized spacial score (nSPS) is 11.0. The highest BCUT2D eigenvalue weighted by atomic mass is 35.5. The quantitative estimate of drug-likeness (QED) is 0.724. The molecule has 0 fully saturated rings. The van der Waals surface area contributed by atoms with Gasteiger partial charge in [-0.3, -0.25) is 4.79 Å². The maximum atomic E-state index is 13.0. The molecule has 138 valence electrons. The second-order valence-corrected chi connectivity index (χ2v) is 7.28. The Balaban J connectivity index is 2.00. The van der Waals surface area contributed by atoms with Crippen molar-refractivity contribution in [3.63, 3.8) is 0 Å². The van der Waals surface area contributed by atoms with Crippen molar-refractivity contribution in [3.05, 3.63) is 58.9 Å². The van der Waals surface area contributed by atoms with Crippen LogP contribution in [-0.4, -0.2) is 33.9 Å². The Morgan fingerprint density at radius 2 is 1.92 bits per heavy atom. The lowest BCUT2D eigenvalue weighted by Crippen LogP contribution is -2.22. The molecule has 0 heterocycles. The molecule has 0 atom stereocenters. The smallest absolute Gasteiger partial charge is 0.338 e. The Morgan fingerprint density at radius 3 is 2.58 bits per heavy atom. The van der Waals surface area contributed by atoms with Gasteiger partial charge in [-0.15, -0.1) is 0 Å². The molecule has 7 nitrogen and oxygen atoms in total. The van der Waals surface area contributed by atoms with Crippen molar-refractivity contribution in [1.29, 1.82) is 0 Å². The molecule has 2 aromatic rings. The second kappa shape index (κ2) is 8.26. The first-order valence-corrected chi connectivity index (χ1v) is 9.04. The molecule has 0 radical (unpaired) electrons. The lowest BCUT2D eigenvalue weighted by Gasteiger charge is -2.09. The van der Waals surface area contributed by atoms with E-state index in [4.69, 9.17) is 16.3 Å². The predicted molar refractivity (Wildman–Crippen MR) is 93.0 cm³/mol. The third kappa shape index (κ3) is 5.01. The fourth-order valence-electron chi connectivity index (χ4n) is 1.90. The summed E-state index contributed by atoms with van der Waals surface area (Å²) in [5.74, 6) is -2.12. The first-order valence-electron chi connectivity index (χ1n) is 7.18. The summed E-state index contributed by atoms with van der Waals surface area (Å²) >= 11 is 5.78. The van der Waals surface area contributed by atoms with Crippen molar-refractivity contribution >= 4 is 39.2 Å². The van der Waals surface area contributed by atoms with Crippen LogP contribution in [0.5, 0.6) is 0 Å². The zero-order valence-corrected chi connectivity index (χ0v) is 15.0. The summed E-state index contributed by atoms with van der Waals surface area (Å²) < 4.78 is 43.4. The van der Waals surface area contributed by atoms with Crippen LogP contribution in [0.4, 0.5) is 10.1 Å². The molecule has 0 spiro atoms. The van der Waals surface area contributed by atoms with E-state index in [-0.39, 0.29) is 21.2 Å². The van der Waals surface area contributed by atoms with Gasteiger partial charge in [-0.1, -0.05) is 17.7 Å². The maximum Gasteiger partial charge on any atom is 0.338 e. The molecule has 0 aliphatic heterocycles. The fraction of sp³-hybridized carbons (Fsp3) is 0.125. The van der Waals surface area contributed by atoms with Gasteiger partial charge in [0, 0.05) is 0 Å². The average molecular weight is 401 g/mol. The lowest BCUT2D eigenvalue weighted by atomic mass is 10.2. The highest BCUT2D eigenvalue weighted by molar-refractivity contribution is 7.89. The summed E-state index contributed by atoms with van der Waals surface area (Å²) in [4.78, 5) is 23.7. The van der Waals surface area contributed by atoms with E-state index < -0.39 is 34.3 Å². The molecule has 1 amide bonds. The number of benzene rings is 2. The molecule has 0 saturated carbocycles. The fourth-order valence-corrected chi connectivity index (χ4v) is 2.89. The summed E-state index contributed by atoms with van der Waals surface area (Å²) in [6.45, 7) is -0.629. The van der Waals surface area contributed by atoms with Crippen LogP contribution in [-0.2, 0) is 19.6 Å². The molecule has 0 aliphatic rings. The molecule has 0 aromatic heterocycles. The van der Waals surface area contributed by atoms with Gasteiger partial charge in [-0.05, 0) is 43.4 Å². The minimum atomic E-state index is -3.72. The number of rotatable bonds is 6. The number of hydrogen-bond acceptors (Lipinski definition) is 5. The first-order chi connectivity index (χ1) is 12.2. The molecule has 0 aliphatic carbocycles. The van der Waals surface area contributed by atoms with Crippen LogP contribution >= 0.6 is 11.6 Å². The van der Waals surface area contributed by atoms with Gasteiger partial charge in [0.05, 0.1) is 21.2 Å². The summed E-state index contributed by atoms with van der Waals surface area (Å²) in [6.07, 6.45) is 0. The summed E-state index contributed by atoms with van der Waals surface area (Å²) in [7, 11) is -2.48. The van der Waals surface area contributed by atoms with E-state index in [9.17, 15) is 22.4 Å². The number of hydrogen-bond donors (Lipinski definition) is 2. The van der Waals surface area contributed by atoms with E-state index in [1.54, 1.807) is 0 Å². The Hall–Kier alpha value is -2.49. The van der Waals surface area contributed by atoms with Gasteiger partial charge in [-0.2, -0.15) is 0 Å². The van der Waals surface area contributed by atoms with E-state index in [2.05, 4.69) is 10.0 Å². The first kappa shape index (κ1) is 19.8. The van der Waals surface area contributed by atoms with E-state index in [0.29, 0.717) is 0 Å². The van der Waals surface area contributed by atoms with Gasteiger partial charge in [0.25, 0.3) is 5.91 Å². The van der Waals surface area contributed by atoms with E-state index >= 15 is 0 Å². The number of nitrogens with one attached hydrogen (secondary N) is 2. The van der Waals surface area contributed by atoms with Gasteiger partial charge in [0.15, 0.2) is 6.61 Å². The van der Waals surface area contributed by atoms with Crippen LogP contribution in [0.15, 0.2) is 47.4 Å². The van der Waals surface area contributed by atoms with Gasteiger partial charge in [0.1, 0.15) is 5.82 Å². The standard InChI is InChI=1S/C16H14ClFN2O5S/c1-19-26(23,24)12-4-2-3-10(7-12)16(22)25-9-15(21)20-14-6-5-11(18)8-13(14)17/h2-8,19H,9H2,1H3,(H,20,21). The number of amides is 1. The SMILES string of the molecule is CNS(=O)(=O)c1cccc(C(=O)OCC(=O)Nc2ccc(F)cc2Cl)c1. The highest BCUT2D eigenvalue weighted by Crippen LogP contribution is 2.22. The third-order valence-electron chi connectivity index (χ3n) is 3.19. The van der Waals surface area contributed by atoms with Crippen LogP contribution in [0.1, 0.15) is 10.4 Å². The molecule has 2 aromatic carbocycles. The number of esters is 1. The number of carbonyl (C=O) groups is 2. The minimum Gasteiger partial charge on any atom is -0.452 e. The maximum absolute atomic E-state index is 13.0. The van der Waals surface area contributed by atoms with Crippen LogP contribution < -0.4 is 10.0 Å². The summed E-state index contributed by atoms with van der Waals surface area (Å²) in [6, 6.07) is 8.57. The number of halogens is 2. The minimum absolute atomic E-state index is 0.00495.